The average Bonchev–Trinajstić information content (AvgIpc) is 2.23. The molecule has 0 fully saturated rings. The predicted octanol–water partition coefficient (Wildman–Crippen LogP) is 3.30. The van der Waals surface area contributed by atoms with Crippen molar-refractivity contribution in [2.75, 3.05) is 7.11 Å². The monoisotopic (exact) mass is 190 g/mol. The Labute approximate surface area is 82.1 Å². The maximum Gasteiger partial charge on any atom is 0.168 e. The second-order valence-corrected chi connectivity index (χ2v) is 3.24. The van der Waals surface area contributed by atoms with E-state index in [4.69, 9.17) is 4.74 Å². The van der Waals surface area contributed by atoms with E-state index >= 15 is 0 Å². The molecule has 0 radical (unpaired) electrons. The SMILES string of the molecule is COc1cc2ccccc2c(C)c1F. The van der Waals surface area contributed by atoms with Crippen LogP contribution in [0.2, 0.25) is 0 Å². The highest BCUT2D eigenvalue weighted by atomic mass is 19.1. The molecule has 2 heteroatoms. The number of aryl methyl sites for hydroxylation is 1. The van der Waals surface area contributed by atoms with E-state index in [1.54, 1.807) is 13.0 Å². The molecule has 2 aromatic rings. The Hall–Kier alpha value is -1.57. The van der Waals surface area contributed by atoms with Gasteiger partial charge in [0.2, 0.25) is 0 Å². The number of benzene rings is 2. The van der Waals surface area contributed by atoms with Crippen molar-refractivity contribution in [2.24, 2.45) is 0 Å². The first-order valence-electron chi connectivity index (χ1n) is 4.46. The number of rotatable bonds is 1. The smallest absolute Gasteiger partial charge is 0.168 e. The van der Waals surface area contributed by atoms with E-state index < -0.39 is 0 Å². The highest BCUT2D eigenvalue weighted by Crippen LogP contribution is 2.28. The fraction of sp³-hybridized carbons (Fsp3) is 0.167. The normalized spacial score (nSPS) is 10.5. The van der Waals surface area contributed by atoms with Gasteiger partial charge in [0.1, 0.15) is 0 Å². The van der Waals surface area contributed by atoms with Crippen molar-refractivity contribution in [3.8, 4) is 5.75 Å². The summed E-state index contributed by atoms with van der Waals surface area (Å²) in [6.45, 7) is 1.76. The molecule has 0 aliphatic heterocycles. The van der Waals surface area contributed by atoms with Gasteiger partial charge in [-0.3, -0.25) is 0 Å². The summed E-state index contributed by atoms with van der Waals surface area (Å²) in [6, 6.07) is 9.41. The van der Waals surface area contributed by atoms with Crippen LogP contribution in [0, 0.1) is 12.7 Å². The van der Waals surface area contributed by atoms with Crippen molar-refractivity contribution in [3.63, 3.8) is 0 Å². The topological polar surface area (TPSA) is 9.23 Å². The zero-order chi connectivity index (χ0) is 10.1. The predicted molar refractivity (Wildman–Crippen MR) is 55.2 cm³/mol. The Bertz CT molecular complexity index is 477. The highest BCUT2D eigenvalue weighted by Gasteiger charge is 2.09. The molecule has 0 bridgehead atoms. The largest absolute Gasteiger partial charge is 0.494 e. The van der Waals surface area contributed by atoms with E-state index in [9.17, 15) is 4.39 Å². The van der Waals surface area contributed by atoms with Gasteiger partial charge in [-0.25, -0.2) is 4.39 Å². The van der Waals surface area contributed by atoms with Crippen molar-refractivity contribution in [3.05, 3.63) is 41.7 Å². The number of halogens is 1. The molecule has 0 heterocycles. The van der Waals surface area contributed by atoms with Gasteiger partial charge >= 0.3 is 0 Å². The first-order chi connectivity index (χ1) is 6.74. The van der Waals surface area contributed by atoms with Crippen LogP contribution in [0.5, 0.6) is 5.75 Å². The number of ether oxygens (including phenoxy) is 1. The van der Waals surface area contributed by atoms with Crippen LogP contribution in [0.1, 0.15) is 5.56 Å². The maximum absolute atomic E-state index is 13.6. The summed E-state index contributed by atoms with van der Waals surface area (Å²) in [5.41, 5.74) is 0.639. The van der Waals surface area contributed by atoms with Crippen molar-refractivity contribution in [1.82, 2.24) is 0 Å². The minimum atomic E-state index is -0.272. The highest BCUT2D eigenvalue weighted by molar-refractivity contribution is 5.87. The van der Waals surface area contributed by atoms with Crippen LogP contribution in [0.15, 0.2) is 30.3 Å². The van der Waals surface area contributed by atoms with Crippen LogP contribution in [0.25, 0.3) is 10.8 Å². The van der Waals surface area contributed by atoms with Gasteiger partial charge in [-0.05, 0) is 29.3 Å². The van der Waals surface area contributed by atoms with Gasteiger partial charge in [0.25, 0.3) is 0 Å². The molecule has 0 unspecified atom stereocenters. The molecule has 0 saturated heterocycles. The summed E-state index contributed by atoms with van der Waals surface area (Å²) in [5.74, 6) is 0.0346. The van der Waals surface area contributed by atoms with Gasteiger partial charge in [0.05, 0.1) is 7.11 Å². The maximum atomic E-state index is 13.6. The molecule has 0 spiro atoms. The summed E-state index contributed by atoms with van der Waals surface area (Å²) in [5, 5.41) is 1.94. The first-order valence-corrected chi connectivity index (χ1v) is 4.46. The molecule has 0 aliphatic carbocycles. The van der Waals surface area contributed by atoms with E-state index in [1.165, 1.54) is 7.11 Å². The molecule has 2 rings (SSSR count). The van der Waals surface area contributed by atoms with Gasteiger partial charge < -0.3 is 4.74 Å². The van der Waals surface area contributed by atoms with Crippen molar-refractivity contribution >= 4 is 10.8 Å². The Morgan fingerprint density at radius 3 is 2.64 bits per heavy atom. The lowest BCUT2D eigenvalue weighted by Crippen LogP contribution is -1.92. The lowest BCUT2D eigenvalue weighted by molar-refractivity contribution is 0.386. The third-order valence-electron chi connectivity index (χ3n) is 2.42. The fourth-order valence-electron chi connectivity index (χ4n) is 1.62. The van der Waals surface area contributed by atoms with E-state index in [-0.39, 0.29) is 5.82 Å². The Kier molecular flexibility index (Phi) is 2.12. The molecule has 2 aromatic carbocycles. The van der Waals surface area contributed by atoms with Gasteiger partial charge in [0.15, 0.2) is 11.6 Å². The zero-order valence-electron chi connectivity index (χ0n) is 8.17. The van der Waals surface area contributed by atoms with E-state index in [1.807, 2.05) is 24.3 Å². The summed E-state index contributed by atoms with van der Waals surface area (Å²) < 4.78 is 18.6. The lowest BCUT2D eigenvalue weighted by Gasteiger charge is -2.08. The van der Waals surface area contributed by atoms with Crippen LogP contribution < -0.4 is 4.74 Å². The van der Waals surface area contributed by atoms with Gasteiger partial charge in [-0.15, -0.1) is 0 Å². The molecule has 1 nitrogen and oxygen atoms in total. The van der Waals surface area contributed by atoms with E-state index in [0.29, 0.717) is 11.3 Å². The molecule has 14 heavy (non-hydrogen) atoms. The minimum Gasteiger partial charge on any atom is -0.494 e. The summed E-state index contributed by atoms with van der Waals surface area (Å²) in [6.07, 6.45) is 0. The van der Waals surface area contributed by atoms with E-state index in [2.05, 4.69) is 0 Å². The van der Waals surface area contributed by atoms with Gasteiger partial charge in [0, 0.05) is 0 Å². The molecule has 0 amide bonds. The first kappa shape index (κ1) is 9.00. The standard InChI is InChI=1S/C12H11FO/c1-8-10-6-4-3-5-9(10)7-11(14-2)12(8)13/h3-7H,1-2H3. The molecular weight excluding hydrogens is 179 g/mol. The summed E-state index contributed by atoms with van der Waals surface area (Å²) in [4.78, 5) is 0. The van der Waals surface area contributed by atoms with Crippen LogP contribution in [0.3, 0.4) is 0 Å². The number of hydrogen-bond donors (Lipinski definition) is 0. The van der Waals surface area contributed by atoms with Crippen LogP contribution in [0.4, 0.5) is 4.39 Å². The Morgan fingerprint density at radius 2 is 1.93 bits per heavy atom. The number of hydrogen-bond acceptors (Lipinski definition) is 1. The van der Waals surface area contributed by atoms with E-state index in [0.717, 1.165) is 10.8 Å². The Balaban J connectivity index is 2.85. The average molecular weight is 190 g/mol. The number of methoxy groups -OCH3 is 1. The third kappa shape index (κ3) is 1.23. The van der Waals surface area contributed by atoms with Crippen LogP contribution in [-0.2, 0) is 0 Å². The van der Waals surface area contributed by atoms with Crippen LogP contribution in [-0.4, -0.2) is 7.11 Å². The summed E-state index contributed by atoms with van der Waals surface area (Å²) >= 11 is 0. The number of fused-ring (bicyclic) bond motifs is 1. The second-order valence-electron chi connectivity index (χ2n) is 3.24. The fourth-order valence-corrected chi connectivity index (χ4v) is 1.62. The minimum absolute atomic E-state index is 0.272. The van der Waals surface area contributed by atoms with Crippen molar-refractivity contribution in [1.29, 1.82) is 0 Å². The lowest BCUT2D eigenvalue weighted by atomic mass is 10.0. The molecule has 0 atom stereocenters. The van der Waals surface area contributed by atoms with Crippen molar-refractivity contribution in [2.45, 2.75) is 6.92 Å². The quantitative estimate of drug-likeness (QED) is 0.670. The molecule has 0 aliphatic rings. The van der Waals surface area contributed by atoms with Gasteiger partial charge in [-0.2, -0.15) is 0 Å². The third-order valence-corrected chi connectivity index (χ3v) is 2.42. The second kappa shape index (κ2) is 3.29. The molecule has 0 saturated carbocycles. The molecule has 72 valence electrons. The zero-order valence-corrected chi connectivity index (χ0v) is 8.17. The van der Waals surface area contributed by atoms with Gasteiger partial charge in [-0.1, -0.05) is 24.3 Å². The summed E-state index contributed by atoms with van der Waals surface area (Å²) in [7, 11) is 1.48. The molecule has 0 N–H and O–H groups in total. The molecule has 0 aromatic heterocycles. The van der Waals surface area contributed by atoms with Crippen molar-refractivity contribution < 1.29 is 9.13 Å². The van der Waals surface area contributed by atoms with Crippen LogP contribution >= 0.6 is 0 Å². The Morgan fingerprint density at radius 1 is 1.21 bits per heavy atom. The molecular formula is C12H11FO.